The molecule has 0 atom stereocenters. The highest BCUT2D eigenvalue weighted by atomic mass is 16.7. The summed E-state index contributed by atoms with van der Waals surface area (Å²) in [5.74, 6) is 0.885. The van der Waals surface area contributed by atoms with Crippen LogP contribution < -0.4 is 4.74 Å². The average molecular weight is 212 g/mol. The Morgan fingerprint density at radius 1 is 1.33 bits per heavy atom. The maximum absolute atomic E-state index is 9.52. The number of phenols is 1. The van der Waals surface area contributed by atoms with Crippen molar-refractivity contribution in [1.29, 1.82) is 0 Å². The van der Waals surface area contributed by atoms with Gasteiger partial charge in [0, 0.05) is 13.7 Å². The molecule has 15 heavy (non-hydrogen) atoms. The van der Waals surface area contributed by atoms with Gasteiger partial charge in [0.25, 0.3) is 0 Å². The number of methoxy groups -OCH3 is 1. The topological polar surface area (TPSA) is 58.9 Å². The van der Waals surface area contributed by atoms with Crippen LogP contribution in [0.2, 0.25) is 0 Å². The Morgan fingerprint density at radius 2 is 2.13 bits per heavy atom. The molecule has 1 rings (SSSR count). The third-order valence-corrected chi connectivity index (χ3v) is 2.00. The average Bonchev–Trinajstić information content (AvgIpc) is 2.26. The number of phenolic OH excluding ortho intramolecular Hbond substituents is 1. The van der Waals surface area contributed by atoms with Crippen molar-refractivity contribution in [2.24, 2.45) is 0 Å². The Morgan fingerprint density at radius 3 is 2.80 bits per heavy atom. The van der Waals surface area contributed by atoms with Gasteiger partial charge in [0.05, 0.1) is 0 Å². The van der Waals surface area contributed by atoms with E-state index in [0.717, 1.165) is 5.56 Å². The molecular weight excluding hydrogens is 196 g/mol. The first-order valence-electron chi connectivity index (χ1n) is 4.82. The number of aromatic hydroxyl groups is 1. The number of aryl methyl sites for hydroxylation is 1. The number of benzene rings is 1. The first-order chi connectivity index (χ1) is 7.27. The molecule has 0 saturated carbocycles. The van der Waals surface area contributed by atoms with Gasteiger partial charge in [-0.25, -0.2) is 0 Å². The molecule has 0 aromatic heterocycles. The molecule has 0 aliphatic heterocycles. The molecule has 0 spiro atoms. The normalized spacial score (nSPS) is 10.3. The summed E-state index contributed by atoms with van der Waals surface area (Å²) in [5.41, 5.74) is 0.776. The minimum atomic E-state index is 0.114. The summed E-state index contributed by atoms with van der Waals surface area (Å²) in [7, 11) is 1.55. The SMILES string of the molecule is COCOc1ccc(O)c(CCCO)c1. The minimum absolute atomic E-state index is 0.114. The molecule has 0 amide bonds. The summed E-state index contributed by atoms with van der Waals surface area (Å²) in [5, 5.41) is 18.2. The molecule has 0 fully saturated rings. The predicted molar refractivity (Wildman–Crippen MR) is 56.0 cm³/mol. The van der Waals surface area contributed by atoms with Gasteiger partial charge in [-0.15, -0.1) is 0 Å². The highest BCUT2D eigenvalue weighted by molar-refractivity contribution is 5.39. The van der Waals surface area contributed by atoms with Crippen LogP contribution in [0.25, 0.3) is 0 Å². The van der Waals surface area contributed by atoms with Crippen molar-refractivity contribution in [2.75, 3.05) is 20.5 Å². The zero-order valence-corrected chi connectivity index (χ0v) is 8.77. The molecule has 84 valence electrons. The number of aliphatic hydroxyl groups is 1. The number of hydrogen-bond acceptors (Lipinski definition) is 4. The highest BCUT2D eigenvalue weighted by Gasteiger charge is 2.03. The van der Waals surface area contributed by atoms with Crippen molar-refractivity contribution in [3.8, 4) is 11.5 Å². The summed E-state index contributed by atoms with van der Waals surface area (Å²) in [6.07, 6.45) is 1.26. The van der Waals surface area contributed by atoms with Gasteiger partial charge in [0.1, 0.15) is 11.5 Å². The first-order valence-corrected chi connectivity index (χ1v) is 4.82. The van der Waals surface area contributed by atoms with Crippen LogP contribution in [0.1, 0.15) is 12.0 Å². The molecule has 1 aromatic rings. The third kappa shape index (κ3) is 3.77. The molecular formula is C11H16O4. The molecule has 2 N–H and O–H groups in total. The van der Waals surface area contributed by atoms with Gasteiger partial charge in [0.15, 0.2) is 6.79 Å². The molecule has 0 aliphatic carbocycles. The van der Waals surface area contributed by atoms with E-state index in [9.17, 15) is 5.11 Å². The van der Waals surface area contributed by atoms with Crippen molar-refractivity contribution < 1.29 is 19.7 Å². The predicted octanol–water partition coefficient (Wildman–Crippen LogP) is 1.30. The van der Waals surface area contributed by atoms with E-state index in [1.54, 1.807) is 25.3 Å². The lowest BCUT2D eigenvalue weighted by atomic mass is 10.1. The van der Waals surface area contributed by atoms with Gasteiger partial charge in [-0.3, -0.25) is 0 Å². The molecule has 4 nitrogen and oxygen atoms in total. The number of ether oxygens (including phenoxy) is 2. The van der Waals surface area contributed by atoms with Gasteiger partial charge >= 0.3 is 0 Å². The lowest BCUT2D eigenvalue weighted by Crippen LogP contribution is -1.99. The Bertz CT molecular complexity index is 299. The summed E-state index contributed by atoms with van der Waals surface area (Å²) >= 11 is 0. The Kier molecular flexibility index (Phi) is 4.93. The number of rotatable bonds is 6. The Balaban J connectivity index is 2.66. The van der Waals surface area contributed by atoms with Crippen molar-refractivity contribution in [3.63, 3.8) is 0 Å². The molecule has 0 radical (unpaired) electrons. The van der Waals surface area contributed by atoms with Crippen LogP contribution in [0, 0.1) is 0 Å². The third-order valence-electron chi connectivity index (χ3n) is 2.00. The molecule has 0 heterocycles. The summed E-state index contributed by atoms with van der Waals surface area (Å²) in [4.78, 5) is 0. The molecule has 0 unspecified atom stereocenters. The summed E-state index contributed by atoms with van der Waals surface area (Å²) in [6, 6.07) is 5.01. The van der Waals surface area contributed by atoms with Crippen LogP contribution in [0.3, 0.4) is 0 Å². The van der Waals surface area contributed by atoms with E-state index in [1.807, 2.05) is 0 Å². The molecule has 0 bridgehead atoms. The standard InChI is InChI=1S/C11H16O4/c1-14-8-15-10-4-5-11(13)9(7-10)3-2-6-12/h4-5,7,12-13H,2-3,6,8H2,1H3. The van der Waals surface area contributed by atoms with Crippen LogP contribution in [-0.4, -0.2) is 30.7 Å². The van der Waals surface area contributed by atoms with Crippen LogP contribution in [0.5, 0.6) is 11.5 Å². The molecule has 0 aliphatic rings. The van der Waals surface area contributed by atoms with Crippen LogP contribution in [-0.2, 0) is 11.2 Å². The van der Waals surface area contributed by atoms with E-state index in [4.69, 9.17) is 14.6 Å². The zero-order valence-electron chi connectivity index (χ0n) is 8.77. The first kappa shape index (κ1) is 11.8. The van der Waals surface area contributed by atoms with E-state index >= 15 is 0 Å². The monoisotopic (exact) mass is 212 g/mol. The fraction of sp³-hybridized carbons (Fsp3) is 0.455. The van der Waals surface area contributed by atoms with Gasteiger partial charge in [0.2, 0.25) is 0 Å². The van der Waals surface area contributed by atoms with E-state index < -0.39 is 0 Å². The lowest BCUT2D eigenvalue weighted by Gasteiger charge is -2.08. The van der Waals surface area contributed by atoms with Gasteiger partial charge < -0.3 is 19.7 Å². The minimum Gasteiger partial charge on any atom is -0.508 e. The molecule has 0 saturated heterocycles. The maximum Gasteiger partial charge on any atom is 0.188 e. The van der Waals surface area contributed by atoms with Crippen LogP contribution >= 0.6 is 0 Å². The summed E-state index contributed by atoms with van der Waals surface area (Å²) in [6.45, 7) is 0.298. The van der Waals surface area contributed by atoms with E-state index in [0.29, 0.717) is 18.6 Å². The van der Waals surface area contributed by atoms with Crippen molar-refractivity contribution >= 4 is 0 Å². The number of hydrogen-bond donors (Lipinski definition) is 2. The van der Waals surface area contributed by atoms with Gasteiger partial charge in [-0.1, -0.05) is 0 Å². The van der Waals surface area contributed by atoms with Crippen LogP contribution in [0.15, 0.2) is 18.2 Å². The Hall–Kier alpha value is -1.26. The van der Waals surface area contributed by atoms with E-state index in [1.165, 1.54) is 0 Å². The van der Waals surface area contributed by atoms with E-state index in [2.05, 4.69) is 0 Å². The van der Waals surface area contributed by atoms with Crippen molar-refractivity contribution in [3.05, 3.63) is 23.8 Å². The number of aliphatic hydroxyl groups excluding tert-OH is 1. The smallest absolute Gasteiger partial charge is 0.188 e. The van der Waals surface area contributed by atoms with Gasteiger partial charge in [-0.2, -0.15) is 0 Å². The quantitative estimate of drug-likeness (QED) is 0.698. The molecule has 1 aromatic carbocycles. The summed E-state index contributed by atoms with van der Waals surface area (Å²) < 4.78 is 10.0. The zero-order chi connectivity index (χ0) is 11.1. The lowest BCUT2D eigenvalue weighted by molar-refractivity contribution is 0.0510. The van der Waals surface area contributed by atoms with E-state index in [-0.39, 0.29) is 19.1 Å². The van der Waals surface area contributed by atoms with Gasteiger partial charge in [-0.05, 0) is 36.6 Å². The highest BCUT2D eigenvalue weighted by Crippen LogP contribution is 2.24. The second-order valence-electron chi connectivity index (χ2n) is 3.17. The second kappa shape index (κ2) is 6.27. The van der Waals surface area contributed by atoms with Crippen LogP contribution in [0.4, 0.5) is 0 Å². The van der Waals surface area contributed by atoms with Crippen molar-refractivity contribution in [1.82, 2.24) is 0 Å². The fourth-order valence-corrected chi connectivity index (χ4v) is 1.25. The second-order valence-corrected chi connectivity index (χ2v) is 3.17. The fourth-order valence-electron chi connectivity index (χ4n) is 1.25. The van der Waals surface area contributed by atoms with Crippen molar-refractivity contribution in [2.45, 2.75) is 12.8 Å². The largest absolute Gasteiger partial charge is 0.508 e. The maximum atomic E-state index is 9.52. The molecule has 4 heteroatoms. The Labute approximate surface area is 89.1 Å².